The maximum absolute atomic E-state index is 5.93. The van der Waals surface area contributed by atoms with Crippen LogP contribution in [0.2, 0.25) is 0 Å². The van der Waals surface area contributed by atoms with Crippen LogP contribution in [0.25, 0.3) is 0 Å². The lowest BCUT2D eigenvalue weighted by Gasteiger charge is -2.34. The number of pyridine rings is 1. The van der Waals surface area contributed by atoms with Crippen molar-refractivity contribution in [1.29, 1.82) is 0 Å². The summed E-state index contributed by atoms with van der Waals surface area (Å²) in [6.45, 7) is 9.63. The Hall–Kier alpha value is -2.76. The Morgan fingerprint density at radius 2 is 1.93 bits per heavy atom. The Balaban J connectivity index is 1.49. The van der Waals surface area contributed by atoms with Crippen molar-refractivity contribution >= 4 is 11.8 Å². The number of hydrogen-bond acceptors (Lipinski definition) is 4. The molecule has 6 nitrogen and oxygen atoms in total. The number of hydrogen-bond donors (Lipinski definition) is 2. The molecule has 1 aromatic heterocycles. The molecule has 1 atom stereocenters. The largest absolute Gasteiger partial charge is 0.489 e. The average Bonchev–Trinajstić information content (AvgIpc) is 2.73. The van der Waals surface area contributed by atoms with Gasteiger partial charge < -0.3 is 20.3 Å². The molecule has 3 rings (SSSR count). The van der Waals surface area contributed by atoms with E-state index < -0.39 is 0 Å². The Kier molecular flexibility index (Phi) is 7.73. The van der Waals surface area contributed by atoms with Crippen LogP contribution in [0.1, 0.15) is 32.4 Å². The molecule has 2 heterocycles. The van der Waals surface area contributed by atoms with E-state index >= 15 is 0 Å². The summed E-state index contributed by atoms with van der Waals surface area (Å²) < 4.78 is 5.93. The molecule has 1 saturated heterocycles. The second kappa shape index (κ2) is 10.7. The Morgan fingerprint density at radius 3 is 2.62 bits per heavy atom. The summed E-state index contributed by atoms with van der Waals surface area (Å²) in [6.07, 6.45) is 2.15. The summed E-state index contributed by atoms with van der Waals surface area (Å²) in [5.41, 5.74) is 1.07. The SMILES string of the molecule is CCNC(=NCC(C)Oc1ccccc1)NC1CCN(c2cccc(C)n2)CC1. The molecule has 1 unspecified atom stereocenters. The molecule has 0 saturated carbocycles. The molecule has 0 aliphatic carbocycles. The van der Waals surface area contributed by atoms with Crippen LogP contribution in [0.15, 0.2) is 53.5 Å². The molecule has 2 N–H and O–H groups in total. The monoisotopic (exact) mass is 395 g/mol. The van der Waals surface area contributed by atoms with Crippen LogP contribution in [-0.2, 0) is 0 Å². The van der Waals surface area contributed by atoms with Gasteiger partial charge in [-0.05, 0) is 57.9 Å². The zero-order valence-corrected chi connectivity index (χ0v) is 17.8. The number of aryl methyl sites for hydroxylation is 1. The molecule has 1 aliphatic heterocycles. The fraction of sp³-hybridized carbons (Fsp3) is 0.478. The average molecular weight is 396 g/mol. The van der Waals surface area contributed by atoms with E-state index in [0.717, 1.165) is 55.7 Å². The second-order valence-corrected chi connectivity index (χ2v) is 7.50. The number of rotatable bonds is 7. The summed E-state index contributed by atoms with van der Waals surface area (Å²) in [6, 6.07) is 16.5. The van der Waals surface area contributed by atoms with Crippen molar-refractivity contribution in [3.8, 4) is 5.75 Å². The third-order valence-electron chi connectivity index (χ3n) is 4.96. The highest BCUT2D eigenvalue weighted by Gasteiger charge is 2.21. The third kappa shape index (κ3) is 6.66. The van der Waals surface area contributed by atoms with Crippen LogP contribution in [0.3, 0.4) is 0 Å². The van der Waals surface area contributed by atoms with Crippen molar-refractivity contribution in [3.63, 3.8) is 0 Å². The van der Waals surface area contributed by atoms with Crippen LogP contribution in [0, 0.1) is 6.92 Å². The molecule has 0 spiro atoms. The molecule has 29 heavy (non-hydrogen) atoms. The first kappa shape index (κ1) is 21.0. The van der Waals surface area contributed by atoms with E-state index in [1.165, 1.54) is 0 Å². The normalized spacial score (nSPS) is 16.4. The first-order valence-electron chi connectivity index (χ1n) is 10.6. The molecule has 156 valence electrons. The molecule has 6 heteroatoms. The van der Waals surface area contributed by atoms with Gasteiger partial charge in [0.05, 0.1) is 6.54 Å². The van der Waals surface area contributed by atoms with Crippen LogP contribution >= 0.6 is 0 Å². The van der Waals surface area contributed by atoms with Gasteiger partial charge in [0.2, 0.25) is 0 Å². The number of nitrogens with one attached hydrogen (secondary N) is 2. The molecule has 1 aromatic carbocycles. The van der Waals surface area contributed by atoms with Gasteiger partial charge in [-0.15, -0.1) is 0 Å². The third-order valence-corrected chi connectivity index (χ3v) is 4.96. The van der Waals surface area contributed by atoms with E-state index in [4.69, 9.17) is 9.73 Å². The number of piperidine rings is 1. The van der Waals surface area contributed by atoms with Crippen LogP contribution < -0.4 is 20.3 Å². The maximum atomic E-state index is 5.93. The number of anilines is 1. The minimum absolute atomic E-state index is 0.0158. The lowest BCUT2D eigenvalue weighted by Crippen LogP contribution is -2.49. The van der Waals surface area contributed by atoms with Crippen molar-refractivity contribution < 1.29 is 4.74 Å². The molecule has 1 aliphatic rings. The zero-order valence-electron chi connectivity index (χ0n) is 17.8. The van der Waals surface area contributed by atoms with E-state index in [-0.39, 0.29) is 6.10 Å². The van der Waals surface area contributed by atoms with E-state index in [2.05, 4.69) is 39.6 Å². The van der Waals surface area contributed by atoms with Crippen LogP contribution in [0.4, 0.5) is 5.82 Å². The minimum atomic E-state index is 0.0158. The van der Waals surface area contributed by atoms with Gasteiger partial charge in [0.1, 0.15) is 17.7 Å². The predicted molar refractivity (Wildman–Crippen MR) is 120 cm³/mol. The van der Waals surface area contributed by atoms with E-state index in [1.54, 1.807) is 0 Å². The number of benzene rings is 1. The predicted octanol–water partition coefficient (Wildman–Crippen LogP) is 3.38. The second-order valence-electron chi connectivity index (χ2n) is 7.50. The summed E-state index contributed by atoms with van der Waals surface area (Å²) in [5.74, 6) is 2.82. The van der Waals surface area contributed by atoms with Crippen LogP contribution in [-0.4, -0.2) is 49.3 Å². The first-order chi connectivity index (χ1) is 14.1. The molecular formula is C23H33N5O. The fourth-order valence-corrected chi connectivity index (χ4v) is 3.46. The summed E-state index contributed by atoms with van der Waals surface area (Å²) in [4.78, 5) is 11.8. The van der Waals surface area contributed by atoms with Gasteiger partial charge in [-0.2, -0.15) is 0 Å². The zero-order chi connectivity index (χ0) is 20.5. The highest BCUT2D eigenvalue weighted by atomic mass is 16.5. The molecular weight excluding hydrogens is 362 g/mol. The highest BCUT2D eigenvalue weighted by molar-refractivity contribution is 5.80. The van der Waals surface area contributed by atoms with Gasteiger partial charge >= 0.3 is 0 Å². The van der Waals surface area contributed by atoms with Crippen molar-refractivity contribution in [3.05, 3.63) is 54.2 Å². The quantitative estimate of drug-likeness (QED) is 0.556. The smallest absolute Gasteiger partial charge is 0.191 e. The van der Waals surface area contributed by atoms with Gasteiger partial charge in [0.25, 0.3) is 0 Å². The topological polar surface area (TPSA) is 61.8 Å². The molecule has 0 bridgehead atoms. The van der Waals surface area contributed by atoms with Crippen molar-refractivity contribution in [2.75, 3.05) is 31.1 Å². The molecule has 0 amide bonds. The molecule has 1 fully saturated rings. The molecule has 0 radical (unpaired) electrons. The Bertz CT molecular complexity index is 772. The van der Waals surface area contributed by atoms with Crippen molar-refractivity contribution in [1.82, 2.24) is 15.6 Å². The summed E-state index contributed by atoms with van der Waals surface area (Å²) in [5, 5.41) is 6.95. The maximum Gasteiger partial charge on any atom is 0.191 e. The number of nitrogens with zero attached hydrogens (tertiary/aromatic N) is 3. The Labute approximate surface area is 174 Å². The minimum Gasteiger partial charge on any atom is -0.489 e. The van der Waals surface area contributed by atoms with Gasteiger partial charge in [0, 0.05) is 31.4 Å². The van der Waals surface area contributed by atoms with E-state index in [0.29, 0.717) is 12.6 Å². The van der Waals surface area contributed by atoms with Crippen LogP contribution in [0.5, 0.6) is 5.75 Å². The van der Waals surface area contributed by atoms with Gasteiger partial charge in [0.15, 0.2) is 5.96 Å². The van der Waals surface area contributed by atoms with Gasteiger partial charge in [-0.25, -0.2) is 9.98 Å². The highest BCUT2D eigenvalue weighted by Crippen LogP contribution is 2.18. The number of aromatic nitrogens is 1. The van der Waals surface area contributed by atoms with Gasteiger partial charge in [-0.3, -0.25) is 0 Å². The number of ether oxygens (including phenoxy) is 1. The summed E-state index contributed by atoms with van der Waals surface area (Å²) in [7, 11) is 0. The lowest BCUT2D eigenvalue weighted by molar-refractivity contribution is 0.230. The number of aliphatic imine (C=N–C) groups is 1. The number of guanidine groups is 1. The molecule has 2 aromatic rings. The van der Waals surface area contributed by atoms with Gasteiger partial charge in [-0.1, -0.05) is 24.3 Å². The standard InChI is InChI=1S/C23H33N5O/c1-4-24-23(25-17-19(3)29-21-10-6-5-7-11-21)27-20-13-15-28(16-14-20)22-12-8-9-18(2)26-22/h5-12,19-20H,4,13-17H2,1-3H3,(H2,24,25,27). The Morgan fingerprint density at radius 1 is 1.17 bits per heavy atom. The first-order valence-corrected chi connectivity index (χ1v) is 10.6. The lowest BCUT2D eigenvalue weighted by atomic mass is 10.1. The van der Waals surface area contributed by atoms with Crippen molar-refractivity contribution in [2.45, 2.75) is 45.8 Å². The fourth-order valence-electron chi connectivity index (χ4n) is 3.46. The van der Waals surface area contributed by atoms with Crippen molar-refractivity contribution in [2.24, 2.45) is 4.99 Å². The number of para-hydroxylation sites is 1. The van der Waals surface area contributed by atoms with E-state index in [9.17, 15) is 0 Å². The van der Waals surface area contributed by atoms with E-state index in [1.807, 2.05) is 50.2 Å². The summed E-state index contributed by atoms with van der Waals surface area (Å²) >= 11 is 0.